The third kappa shape index (κ3) is 5.28. The van der Waals surface area contributed by atoms with Gasteiger partial charge in [-0.05, 0) is 39.9 Å². The molecule has 0 saturated carbocycles. The van der Waals surface area contributed by atoms with Gasteiger partial charge in [0.1, 0.15) is 19.0 Å². The highest BCUT2D eigenvalue weighted by Gasteiger charge is 2.28. The van der Waals surface area contributed by atoms with Gasteiger partial charge in [0.15, 0.2) is 0 Å². The summed E-state index contributed by atoms with van der Waals surface area (Å²) in [5.41, 5.74) is 5.59. The molecular formula is C26H27NO5. The van der Waals surface area contributed by atoms with E-state index in [-0.39, 0.29) is 12.5 Å². The smallest absolute Gasteiger partial charge is 0.407 e. The van der Waals surface area contributed by atoms with Crippen LogP contribution in [-0.2, 0) is 16.1 Å². The van der Waals surface area contributed by atoms with Crippen molar-refractivity contribution in [2.24, 2.45) is 0 Å². The summed E-state index contributed by atoms with van der Waals surface area (Å²) < 4.78 is 16.6. The molecule has 1 aliphatic rings. The highest BCUT2D eigenvalue weighted by Crippen LogP contribution is 2.44. The van der Waals surface area contributed by atoms with Gasteiger partial charge in [-0.25, -0.2) is 4.79 Å². The van der Waals surface area contributed by atoms with Crippen LogP contribution in [0, 0.1) is 0 Å². The number of amides is 1. The molecule has 166 valence electrons. The van der Waals surface area contributed by atoms with Gasteiger partial charge in [-0.15, -0.1) is 0 Å². The Bertz CT molecular complexity index is 1010. The number of fused-ring (bicyclic) bond motifs is 3. The zero-order valence-electron chi connectivity index (χ0n) is 17.8. The number of rotatable bonds is 10. The number of aliphatic hydroxyl groups excluding tert-OH is 1. The minimum Gasteiger partial charge on any atom is -0.491 e. The Kier molecular flexibility index (Phi) is 7.38. The van der Waals surface area contributed by atoms with E-state index in [1.54, 1.807) is 6.07 Å². The fourth-order valence-electron chi connectivity index (χ4n) is 3.93. The minimum atomic E-state index is -0.451. The Hall–Kier alpha value is -3.35. The predicted octanol–water partition coefficient (Wildman–Crippen LogP) is 4.11. The first-order chi connectivity index (χ1) is 15.8. The van der Waals surface area contributed by atoms with E-state index < -0.39 is 6.09 Å². The molecule has 0 unspecified atom stereocenters. The van der Waals surface area contributed by atoms with Crippen molar-refractivity contribution < 1.29 is 24.1 Å². The third-order valence-electron chi connectivity index (χ3n) is 5.44. The predicted molar refractivity (Wildman–Crippen MR) is 122 cm³/mol. The molecule has 0 saturated heterocycles. The monoisotopic (exact) mass is 433 g/mol. The van der Waals surface area contributed by atoms with Gasteiger partial charge in [0.25, 0.3) is 0 Å². The Morgan fingerprint density at radius 3 is 2.31 bits per heavy atom. The van der Waals surface area contributed by atoms with Crippen LogP contribution in [0.1, 0.15) is 22.6 Å². The summed E-state index contributed by atoms with van der Waals surface area (Å²) >= 11 is 0. The lowest BCUT2D eigenvalue weighted by Crippen LogP contribution is -2.29. The fraction of sp³-hybridized carbons (Fsp3) is 0.269. The molecule has 0 radical (unpaired) electrons. The van der Waals surface area contributed by atoms with Crippen molar-refractivity contribution in [3.05, 3.63) is 89.5 Å². The van der Waals surface area contributed by atoms with E-state index in [1.165, 1.54) is 22.3 Å². The van der Waals surface area contributed by atoms with Crippen LogP contribution < -0.4 is 10.1 Å². The van der Waals surface area contributed by atoms with Crippen molar-refractivity contribution in [1.82, 2.24) is 5.32 Å². The van der Waals surface area contributed by atoms with Crippen LogP contribution in [0.5, 0.6) is 5.75 Å². The van der Waals surface area contributed by atoms with Gasteiger partial charge < -0.3 is 24.6 Å². The molecule has 3 aromatic rings. The highest BCUT2D eigenvalue weighted by atomic mass is 16.6. The first kappa shape index (κ1) is 21.9. The number of carbonyl (C=O) groups excluding carboxylic acids is 1. The number of nitrogens with one attached hydrogen (secondary N) is 1. The second kappa shape index (κ2) is 10.8. The molecule has 1 amide bonds. The maximum Gasteiger partial charge on any atom is 0.407 e. The number of hydrogen-bond acceptors (Lipinski definition) is 5. The van der Waals surface area contributed by atoms with Crippen LogP contribution in [0.15, 0.2) is 72.8 Å². The molecule has 0 spiro atoms. The largest absolute Gasteiger partial charge is 0.491 e. The molecule has 0 aliphatic heterocycles. The second-order valence-corrected chi connectivity index (χ2v) is 7.52. The minimum absolute atomic E-state index is 0.0186. The summed E-state index contributed by atoms with van der Waals surface area (Å²) in [5, 5.41) is 11.9. The summed E-state index contributed by atoms with van der Waals surface area (Å²) in [6, 6.07) is 23.8. The standard InChI is InChI=1S/C26H27NO5/c28-17-19-6-5-7-20(16-19)31-15-14-30-13-12-27-26(29)32-18-25-23-10-3-1-8-21(23)22-9-2-4-11-24(22)25/h1-11,16,25,28H,12-15,17-18H2,(H,27,29). The van der Waals surface area contributed by atoms with E-state index in [0.29, 0.717) is 38.7 Å². The first-order valence-corrected chi connectivity index (χ1v) is 10.8. The molecule has 6 heteroatoms. The van der Waals surface area contributed by atoms with Crippen molar-refractivity contribution >= 4 is 6.09 Å². The molecule has 0 bridgehead atoms. The molecular weight excluding hydrogens is 406 g/mol. The average Bonchev–Trinajstić information content (AvgIpc) is 3.16. The lowest BCUT2D eigenvalue weighted by molar-refractivity contribution is 0.0971. The Morgan fingerprint density at radius 2 is 1.59 bits per heavy atom. The van der Waals surface area contributed by atoms with Crippen LogP contribution in [0.25, 0.3) is 11.1 Å². The number of aliphatic hydroxyl groups is 1. The van der Waals surface area contributed by atoms with Gasteiger partial charge in [0.2, 0.25) is 0 Å². The Balaban J connectivity index is 1.14. The molecule has 6 nitrogen and oxygen atoms in total. The van der Waals surface area contributed by atoms with Gasteiger partial charge >= 0.3 is 6.09 Å². The van der Waals surface area contributed by atoms with E-state index in [4.69, 9.17) is 19.3 Å². The number of alkyl carbamates (subject to hydrolysis) is 1. The summed E-state index contributed by atoms with van der Waals surface area (Å²) in [4.78, 5) is 12.1. The van der Waals surface area contributed by atoms with E-state index in [9.17, 15) is 4.79 Å². The average molecular weight is 434 g/mol. The van der Waals surface area contributed by atoms with Gasteiger partial charge in [-0.2, -0.15) is 0 Å². The van der Waals surface area contributed by atoms with Crippen LogP contribution in [0.3, 0.4) is 0 Å². The van der Waals surface area contributed by atoms with Gasteiger partial charge in [0.05, 0.1) is 19.8 Å². The van der Waals surface area contributed by atoms with Gasteiger partial charge in [-0.3, -0.25) is 0 Å². The third-order valence-corrected chi connectivity index (χ3v) is 5.44. The van der Waals surface area contributed by atoms with E-state index in [0.717, 1.165) is 5.56 Å². The fourth-order valence-corrected chi connectivity index (χ4v) is 3.93. The molecule has 0 heterocycles. The number of benzene rings is 3. The molecule has 0 atom stereocenters. The molecule has 1 aliphatic carbocycles. The van der Waals surface area contributed by atoms with Crippen molar-refractivity contribution in [2.75, 3.05) is 33.0 Å². The normalized spacial score (nSPS) is 12.2. The topological polar surface area (TPSA) is 77.0 Å². The molecule has 0 fully saturated rings. The SMILES string of the molecule is O=C(NCCOCCOc1cccc(CO)c1)OCC1c2ccccc2-c2ccccc21. The van der Waals surface area contributed by atoms with Crippen LogP contribution >= 0.6 is 0 Å². The van der Waals surface area contributed by atoms with Crippen LogP contribution in [0.4, 0.5) is 4.79 Å². The van der Waals surface area contributed by atoms with Crippen molar-refractivity contribution in [3.63, 3.8) is 0 Å². The van der Waals surface area contributed by atoms with Crippen molar-refractivity contribution in [3.8, 4) is 16.9 Å². The zero-order valence-corrected chi connectivity index (χ0v) is 17.8. The maximum atomic E-state index is 12.1. The Morgan fingerprint density at radius 1 is 0.875 bits per heavy atom. The number of carbonyl (C=O) groups is 1. The highest BCUT2D eigenvalue weighted by molar-refractivity contribution is 5.79. The molecule has 2 N–H and O–H groups in total. The first-order valence-electron chi connectivity index (χ1n) is 10.8. The second-order valence-electron chi connectivity index (χ2n) is 7.52. The van der Waals surface area contributed by atoms with Gasteiger partial charge in [0, 0.05) is 12.5 Å². The van der Waals surface area contributed by atoms with Crippen molar-refractivity contribution in [2.45, 2.75) is 12.5 Å². The van der Waals surface area contributed by atoms with Crippen molar-refractivity contribution in [1.29, 1.82) is 0 Å². The summed E-state index contributed by atoms with van der Waals surface area (Å²) in [6.07, 6.45) is -0.451. The van der Waals surface area contributed by atoms with E-state index >= 15 is 0 Å². The van der Waals surface area contributed by atoms with E-state index in [1.807, 2.05) is 42.5 Å². The zero-order chi connectivity index (χ0) is 22.2. The Labute approximate surface area is 187 Å². The van der Waals surface area contributed by atoms with Gasteiger partial charge in [-0.1, -0.05) is 60.7 Å². The quantitative estimate of drug-likeness (QED) is 0.471. The summed E-state index contributed by atoms with van der Waals surface area (Å²) in [6.45, 7) is 1.78. The summed E-state index contributed by atoms with van der Waals surface area (Å²) in [5.74, 6) is 0.739. The number of ether oxygens (including phenoxy) is 3. The summed E-state index contributed by atoms with van der Waals surface area (Å²) in [7, 11) is 0. The molecule has 0 aromatic heterocycles. The lowest BCUT2D eigenvalue weighted by Gasteiger charge is -2.14. The maximum absolute atomic E-state index is 12.1. The van der Waals surface area contributed by atoms with Crippen LogP contribution in [0.2, 0.25) is 0 Å². The molecule has 32 heavy (non-hydrogen) atoms. The molecule has 3 aromatic carbocycles. The number of hydrogen-bond donors (Lipinski definition) is 2. The lowest BCUT2D eigenvalue weighted by atomic mass is 9.98. The molecule has 4 rings (SSSR count). The van der Waals surface area contributed by atoms with Crippen LogP contribution in [-0.4, -0.2) is 44.2 Å². The van der Waals surface area contributed by atoms with E-state index in [2.05, 4.69) is 29.6 Å².